The summed E-state index contributed by atoms with van der Waals surface area (Å²) in [5.74, 6) is -0.348. The Morgan fingerprint density at radius 2 is 1.96 bits per heavy atom. The molecule has 2 aromatic carbocycles. The first kappa shape index (κ1) is 18.3. The lowest BCUT2D eigenvalue weighted by Crippen LogP contribution is -2.15. The van der Waals surface area contributed by atoms with Crippen molar-refractivity contribution in [2.24, 2.45) is 0 Å². The lowest BCUT2D eigenvalue weighted by Gasteiger charge is -2.15. The normalized spacial score (nSPS) is 11.4. The Balaban J connectivity index is 2.18. The second-order valence-corrected chi connectivity index (χ2v) is 5.63. The van der Waals surface area contributed by atoms with E-state index in [2.05, 4.69) is 13.2 Å². The van der Waals surface area contributed by atoms with Gasteiger partial charge in [-0.05, 0) is 24.1 Å². The lowest BCUT2D eigenvalue weighted by molar-refractivity contribution is 0.0344. The first-order valence-corrected chi connectivity index (χ1v) is 8.03. The van der Waals surface area contributed by atoms with E-state index >= 15 is 0 Å². The molecule has 4 nitrogen and oxygen atoms in total. The topological polar surface area (TPSA) is 55.8 Å². The second kappa shape index (κ2) is 8.73. The predicted octanol–water partition coefficient (Wildman–Crippen LogP) is 4.74. The van der Waals surface area contributed by atoms with E-state index < -0.39 is 5.97 Å². The number of phenolic OH excluding ortho intramolecular Hbond substituents is 1. The van der Waals surface area contributed by atoms with Crippen LogP contribution in [-0.2, 0) is 11.3 Å². The highest BCUT2D eigenvalue weighted by atomic mass is 16.5. The van der Waals surface area contributed by atoms with E-state index in [1.165, 1.54) is 12.1 Å². The van der Waals surface area contributed by atoms with Crippen molar-refractivity contribution in [1.82, 2.24) is 0 Å². The minimum atomic E-state index is -0.601. The Bertz CT molecular complexity index is 750. The van der Waals surface area contributed by atoms with Crippen LogP contribution < -0.4 is 4.74 Å². The van der Waals surface area contributed by atoms with E-state index in [4.69, 9.17) is 9.47 Å². The monoisotopic (exact) mass is 338 g/mol. The molecule has 1 atom stereocenters. The van der Waals surface area contributed by atoms with Crippen molar-refractivity contribution < 1.29 is 19.4 Å². The second-order valence-electron chi connectivity index (χ2n) is 5.63. The van der Waals surface area contributed by atoms with Gasteiger partial charge in [0.1, 0.15) is 29.8 Å². The Labute approximate surface area is 148 Å². The lowest BCUT2D eigenvalue weighted by atomic mass is 10.1. The highest BCUT2D eigenvalue weighted by Crippen LogP contribution is 2.30. The third-order valence-corrected chi connectivity index (χ3v) is 3.60. The van der Waals surface area contributed by atoms with Crippen molar-refractivity contribution in [3.63, 3.8) is 0 Å². The van der Waals surface area contributed by atoms with Gasteiger partial charge in [0.15, 0.2) is 0 Å². The minimum absolute atomic E-state index is 0.0815. The van der Waals surface area contributed by atoms with Gasteiger partial charge < -0.3 is 14.6 Å². The van der Waals surface area contributed by atoms with Crippen LogP contribution in [0.15, 0.2) is 61.7 Å². The molecular formula is C21H22O4. The largest absolute Gasteiger partial charge is 0.507 e. The maximum absolute atomic E-state index is 12.3. The van der Waals surface area contributed by atoms with Crippen LogP contribution >= 0.6 is 0 Å². The van der Waals surface area contributed by atoms with Gasteiger partial charge in [-0.25, -0.2) is 4.79 Å². The first-order chi connectivity index (χ1) is 12.0. The van der Waals surface area contributed by atoms with Crippen LogP contribution in [0.1, 0.15) is 34.8 Å². The van der Waals surface area contributed by atoms with E-state index in [1.807, 2.05) is 30.3 Å². The number of aromatic hydroxyl groups is 1. The zero-order valence-electron chi connectivity index (χ0n) is 14.3. The fourth-order valence-electron chi connectivity index (χ4n) is 2.35. The molecule has 2 aromatic rings. The van der Waals surface area contributed by atoms with Gasteiger partial charge in [0, 0.05) is 12.5 Å². The van der Waals surface area contributed by atoms with E-state index in [0.29, 0.717) is 24.3 Å². The highest BCUT2D eigenvalue weighted by Gasteiger charge is 2.20. The molecule has 0 aliphatic carbocycles. The number of carbonyl (C=O) groups is 1. The van der Waals surface area contributed by atoms with Gasteiger partial charge in [0.25, 0.3) is 0 Å². The smallest absolute Gasteiger partial charge is 0.342 e. The summed E-state index contributed by atoms with van der Waals surface area (Å²) in [6.45, 7) is 9.44. The van der Waals surface area contributed by atoms with Gasteiger partial charge in [0.05, 0.1) is 0 Å². The maximum atomic E-state index is 12.3. The molecule has 0 aliphatic heterocycles. The number of carbonyl (C=O) groups excluding carboxylic acids is 1. The Hall–Kier alpha value is -3.01. The van der Waals surface area contributed by atoms with Crippen LogP contribution in [0, 0.1) is 0 Å². The Morgan fingerprint density at radius 1 is 1.24 bits per heavy atom. The SMILES string of the molecule is C=CC[C@H](C)OC(=O)c1c(O)cc(OCc2ccccc2)cc1C=C. The molecule has 0 amide bonds. The van der Waals surface area contributed by atoms with Crippen molar-refractivity contribution in [2.75, 3.05) is 0 Å². The molecule has 2 rings (SSSR count). The zero-order chi connectivity index (χ0) is 18.2. The summed E-state index contributed by atoms with van der Waals surface area (Å²) < 4.78 is 11.0. The molecule has 0 heterocycles. The average Bonchev–Trinajstić information content (AvgIpc) is 2.60. The summed E-state index contributed by atoms with van der Waals surface area (Å²) in [6.07, 6.45) is 3.38. The van der Waals surface area contributed by atoms with Gasteiger partial charge in [-0.3, -0.25) is 0 Å². The highest BCUT2D eigenvalue weighted by molar-refractivity contribution is 5.97. The van der Waals surface area contributed by atoms with Gasteiger partial charge in [-0.2, -0.15) is 0 Å². The van der Waals surface area contributed by atoms with Crippen LogP contribution in [0.3, 0.4) is 0 Å². The van der Waals surface area contributed by atoms with Crippen molar-refractivity contribution in [1.29, 1.82) is 0 Å². The van der Waals surface area contributed by atoms with Crippen molar-refractivity contribution >= 4 is 12.0 Å². The number of rotatable bonds is 8. The van der Waals surface area contributed by atoms with Crippen LogP contribution in [-0.4, -0.2) is 17.2 Å². The van der Waals surface area contributed by atoms with Crippen LogP contribution in [0.25, 0.3) is 6.08 Å². The molecule has 4 heteroatoms. The molecule has 0 saturated carbocycles. The standard InChI is InChI=1S/C21H22O4/c1-4-9-15(3)25-21(23)20-17(5-2)12-18(13-19(20)22)24-14-16-10-7-6-8-11-16/h4-8,10-13,15,22H,1-2,9,14H2,3H3/t15-/m0/s1. The molecule has 0 spiro atoms. The molecule has 0 aliphatic rings. The maximum Gasteiger partial charge on any atom is 0.342 e. The van der Waals surface area contributed by atoms with Gasteiger partial charge in [-0.15, -0.1) is 6.58 Å². The molecule has 1 N–H and O–H groups in total. The third kappa shape index (κ3) is 4.98. The van der Waals surface area contributed by atoms with Gasteiger partial charge in [-0.1, -0.05) is 49.1 Å². The van der Waals surface area contributed by atoms with Gasteiger partial charge >= 0.3 is 5.97 Å². The van der Waals surface area contributed by atoms with E-state index in [9.17, 15) is 9.90 Å². The molecule has 0 saturated heterocycles. The molecule has 0 unspecified atom stereocenters. The fourth-order valence-corrected chi connectivity index (χ4v) is 2.35. The summed E-state index contributed by atoms with van der Waals surface area (Å²) in [5.41, 5.74) is 1.54. The average molecular weight is 338 g/mol. The molecule has 0 fully saturated rings. The summed E-state index contributed by atoms with van der Waals surface area (Å²) in [6, 6.07) is 12.7. The third-order valence-electron chi connectivity index (χ3n) is 3.60. The van der Waals surface area contributed by atoms with E-state index in [1.54, 1.807) is 19.1 Å². The number of phenols is 1. The quantitative estimate of drug-likeness (QED) is 0.558. The molecule has 0 aromatic heterocycles. The molecule has 25 heavy (non-hydrogen) atoms. The van der Waals surface area contributed by atoms with Crippen molar-refractivity contribution in [2.45, 2.75) is 26.1 Å². The van der Waals surface area contributed by atoms with Crippen molar-refractivity contribution in [3.05, 3.63) is 78.4 Å². The number of ether oxygens (including phenoxy) is 2. The predicted molar refractivity (Wildman–Crippen MR) is 98.7 cm³/mol. The molecular weight excluding hydrogens is 316 g/mol. The number of esters is 1. The summed E-state index contributed by atoms with van der Waals surface area (Å²) in [7, 11) is 0. The van der Waals surface area contributed by atoms with Crippen LogP contribution in [0.4, 0.5) is 0 Å². The summed E-state index contributed by atoms with van der Waals surface area (Å²) >= 11 is 0. The summed E-state index contributed by atoms with van der Waals surface area (Å²) in [5, 5.41) is 10.3. The van der Waals surface area contributed by atoms with E-state index in [-0.39, 0.29) is 17.4 Å². The Kier molecular flexibility index (Phi) is 6.40. The molecule has 0 radical (unpaired) electrons. The number of hydrogen-bond acceptors (Lipinski definition) is 4. The zero-order valence-corrected chi connectivity index (χ0v) is 14.3. The first-order valence-electron chi connectivity index (χ1n) is 8.03. The number of hydrogen-bond donors (Lipinski definition) is 1. The fraction of sp³-hybridized carbons (Fsp3) is 0.190. The minimum Gasteiger partial charge on any atom is -0.507 e. The van der Waals surface area contributed by atoms with Crippen LogP contribution in [0.5, 0.6) is 11.5 Å². The van der Waals surface area contributed by atoms with Crippen LogP contribution in [0.2, 0.25) is 0 Å². The molecule has 0 bridgehead atoms. The van der Waals surface area contributed by atoms with E-state index in [0.717, 1.165) is 5.56 Å². The number of benzene rings is 2. The summed E-state index contributed by atoms with van der Waals surface area (Å²) in [4.78, 5) is 12.3. The molecule has 130 valence electrons. The van der Waals surface area contributed by atoms with Gasteiger partial charge in [0.2, 0.25) is 0 Å². The Morgan fingerprint density at radius 3 is 2.60 bits per heavy atom. The van der Waals surface area contributed by atoms with Crippen molar-refractivity contribution in [3.8, 4) is 11.5 Å².